The lowest BCUT2D eigenvalue weighted by molar-refractivity contribution is -0.142. The second-order valence-electron chi connectivity index (χ2n) is 10.3. The van der Waals surface area contributed by atoms with Crippen LogP contribution in [0.2, 0.25) is 0 Å². The molecule has 1 aromatic carbocycles. The topological polar surface area (TPSA) is 159 Å². The van der Waals surface area contributed by atoms with E-state index in [1.807, 2.05) is 0 Å². The number of nitrogens with zero attached hydrogens (tertiary/aromatic N) is 3. The van der Waals surface area contributed by atoms with Gasteiger partial charge in [0.15, 0.2) is 11.2 Å². The lowest BCUT2D eigenvalue weighted by Crippen LogP contribution is -2.78. The highest BCUT2D eigenvalue weighted by Gasteiger charge is 2.76. The molecule has 2 unspecified atom stereocenters. The van der Waals surface area contributed by atoms with Crippen LogP contribution in [0, 0.1) is 0 Å². The van der Waals surface area contributed by atoms with Gasteiger partial charge in [-0.3, -0.25) is 15.2 Å². The lowest BCUT2D eigenvalue weighted by Gasteiger charge is -2.48. The van der Waals surface area contributed by atoms with Crippen molar-refractivity contribution < 1.29 is 38.2 Å². The number of hydrazine groups is 2. The highest BCUT2D eigenvalue weighted by Crippen LogP contribution is 2.52. The summed E-state index contributed by atoms with van der Waals surface area (Å²) in [5, 5.41) is 1.16. The SMILES string of the molecule is CCCN1C(=O)N(c2ccccc2)C(=O)C12C(C(=O)OC)=C(C)N(NC(=O)OC)C2(C)NNC(=O)OC(C)(C)C. The van der Waals surface area contributed by atoms with E-state index >= 15 is 0 Å². The first-order valence-electron chi connectivity index (χ1n) is 12.6. The van der Waals surface area contributed by atoms with Crippen molar-refractivity contribution in [2.75, 3.05) is 25.7 Å². The Bertz CT molecular complexity index is 1230. The minimum Gasteiger partial charge on any atom is -0.466 e. The molecular formula is C26H36N6O8. The molecule has 0 bridgehead atoms. The fourth-order valence-electron chi connectivity index (χ4n) is 5.10. The number of para-hydroxylation sites is 1. The molecule has 0 saturated carbocycles. The zero-order valence-electron chi connectivity index (χ0n) is 23.9. The van der Waals surface area contributed by atoms with Crippen LogP contribution in [-0.4, -0.2) is 77.6 Å². The van der Waals surface area contributed by atoms with Gasteiger partial charge in [-0.1, -0.05) is 25.1 Å². The fraction of sp³-hybridized carbons (Fsp3) is 0.500. The van der Waals surface area contributed by atoms with E-state index in [1.165, 1.54) is 18.7 Å². The zero-order valence-corrected chi connectivity index (χ0v) is 23.9. The van der Waals surface area contributed by atoms with E-state index in [0.29, 0.717) is 6.42 Å². The van der Waals surface area contributed by atoms with Crippen LogP contribution in [-0.2, 0) is 23.8 Å². The van der Waals surface area contributed by atoms with Gasteiger partial charge in [0, 0.05) is 12.2 Å². The molecule has 40 heavy (non-hydrogen) atoms. The number of benzene rings is 1. The molecular weight excluding hydrogens is 524 g/mol. The summed E-state index contributed by atoms with van der Waals surface area (Å²) in [5.74, 6) is -1.74. The largest absolute Gasteiger partial charge is 0.466 e. The van der Waals surface area contributed by atoms with Crippen LogP contribution < -0.4 is 21.2 Å². The predicted molar refractivity (Wildman–Crippen MR) is 142 cm³/mol. The van der Waals surface area contributed by atoms with E-state index in [2.05, 4.69) is 16.3 Å². The highest BCUT2D eigenvalue weighted by atomic mass is 16.6. The van der Waals surface area contributed by atoms with E-state index in [4.69, 9.17) is 14.2 Å². The van der Waals surface area contributed by atoms with Crippen molar-refractivity contribution in [3.05, 3.63) is 41.6 Å². The number of urea groups is 1. The van der Waals surface area contributed by atoms with Gasteiger partial charge in [0.2, 0.25) is 0 Å². The minimum atomic E-state index is -2.15. The van der Waals surface area contributed by atoms with Gasteiger partial charge >= 0.3 is 24.2 Å². The lowest BCUT2D eigenvalue weighted by atomic mass is 9.79. The number of imide groups is 1. The minimum absolute atomic E-state index is 0.0253. The molecule has 2 heterocycles. The number of allylic oxidation sites excluding steroid dienone is 1. The second kappa shape index (κ2) is 11.0. The molecule has 14 nitrogen and oxygen atoms in total. The van der Waals surface area contributed by atoms with Crippen molar-refractivity contribution in [2.24, 2.45) is 0 Å². The molecule has 3 N–H and O–H groups in total. The Hall–Kier alpha value is -4.33. The molecule has 0 aromatic heterocycles. The molecule has 218 valence electrons. The second-order valence-corrected chi connectivity index (χ2v) is 10.3. The number of methoxy groups -OCH3 is 2. The molecule has 2 aliphatic heterocycles. The summed E-state index contributed by atoms with van der Waals surface area (Å²) in [4.78, 5) is 69.5. The van der Waals surface area contributed by atoms with E-state index in [9.17, 15) is 24.0 Å². The van der Waals surface area contributed by atoms with Crippen molar-refractivity contribution in [3.63, 3.8) is 0 Å². The van der Waals surface area contributed by atoms with Crippen molar-refractivity contribution in [2.45, 2.75) is 64.8 Å². The molecule has 1 aromatic rings. The summed E-state index contributed by atoms with van der Waals surface area (Å²) >= 11 is 0. The van der Waals surface area contributed by atoms with Gasteiger partial charge in [0.1, 0.15) is 5.60 Å². The summed E-state index contributed by atoms with van der Waals surface area (Å²) in [6.45, 7) is 9.73. The fourth-order valence-corrected chi connectivity index (χ4v) is 5.10. The molecule has 3 rings (SSSR count). The quantitative estimate of drug-likeness (QED) is 0.196. The van der Waals surface area contributed by atoms with E-state index in [1.54, 1.807) is 58.0 Å². The Morgan fingerprint density at radius 3 is 2.15 bits per heavy atom. The summed E-state index contributed by atoms with van der Waals surface area (Å²) in [5.41, 5.74) is 2.86. The maximum absolute atomic E-state index is 14.7. The Balaban J connectivity index is 2.33. The molecule has 1 saturated heterocycles. The van der Waals surface area contributed by atoms with Crippen LogP contribution in [0.3, 0.4) is 0 Å². The van der Waals surface area contributed by atoms with Gasteiger partial charge in [0.25, 0.3) is 5.91 Å². The summed E-state index contributed by atoms with van der Waals surface area (Å²) in [7, 11) is 2.27. The molecule has 2 aliphatic rings. The highest BCUT2D eigenvalue weighted by molar-refractivity contribution is 6.28. The molecule has 0 radical (unpaired) electrons. The Morgan fingerprint density at radius 1 is 1.00 bits per heavy atom. The predicted octanol–water partition coefficient (Wildman–Crippen LogP) is 2.38. The third kappa shape index (κ3) is 4.78. The first-order chi connectivity index (χ1) is 18.7. The van der Waals surface area contributed by atoms with Gasteiger partial charge < -0.3 is 19.1 Å². The summed E-state index contributed by atoms with van der Waals surface area (Å²) in [6.07, 6.45) is -1.45. The third-order valence-corrected chi connectivity index (χ3v) is 6.60. The first-order valence-corrected chi connectivity index (χ1v) is 12.6. The maximum Gasteiger partial charge on any atom is 0.425 e. The maximum atomic E-state index is 14.7. The number of esters is 1. The van der Waals surface area contributed by atoms with Crippen LogP contribution in [0.25, 0.3) is 0 Å². The van der Waals surface area contributed by atoms with E-state index < -0.39 is 46.9 Å². The number of anilines is 1. The molecule has 1 fully saturated rings. The number of carbonyl (C=O) groups is 5. The molecule has 5 amide bonds. The Kier molecular flexibility index (Phi) is 8.34. The average Bonchev–Trinajstić information content (AvgIpc) is 3.23. The Labute approximate surface area is 232 Å². The number of rotatable bonds is 7. The van der Waals surface area contributed by atoms with Gasteiger partial charge in [0.05, 0.1) is 25.5 Å². The summed E-state index contributed by atoms with van der Waals surface area (Å²) in [6, 6.07) is 7.50. The number of amides is 5. The van der Waals surface area contributed by atoms with Gasteiger partial charge in [-0.2, -0.15) is 0 Å². The normalized spacial score (nSPS) is 22.6. The van der Waals surface area contributed by atoms with Gasteiger partial charge in [-0.05, 0) is 53.2 Å². The number of carbonyl (C=O) groups excluding carboxylic acids is 5. The van der Waals surface area contributed by atoms with Crippen LogP contribution in [0.4, 0.5) is 20.1 Å². The number of ether oxygens (including phenoxy) is 3. The third-order valence-electron chi connectivity index (χ3n) is 6.60. The molecule has 0 aliphatic carbocycles. The van der Waals surface area contributed by atoms with Crippen molar-refractivity contribution in [1.29, 1.82) is 0 Å². The average molecular weight is 561 g/mol. The van der Waals surface area contributed by atoms with E-state index in [0.717, 1.165) is 24.1 Å². The van der Waals surface area contributed by atoms with Crippen molar-refractivity contribution >= 4 is 35.8 Å². The summed E-state index contributed by atoms with van der Waals surface area (Å²) < 4.78 is 15.2. The van der Waals surface area contributed by atoms with Crippen LogP contribution in [0.5, 0.6) is 0 Å². The zero-order chi connectivity index (χ0) is 30.0. The van der Waals surface area contributed by atoms with Crippen LogP contribution in [0.1, 0.15) is 48.0 Å². The van der Waals surface area contributed by atoms with Crippen LogP contribution in [0.15, 0.2) is 41.6 Å². The number of nitrogens with one attached hydrogen (secondary N) is 3. The number of hydrogen-bond acceptors (Lipinski definition) is 10. The monoisotopic (exact) mass is 560 g/mol. The van der Waals surface area contributed by atoms with Crippen molar-refractivity contribution in [1.82, 2.24) is 26.2 Å². The van der Waals surface area contributed by atoms with Crippen molar-refractivity contribution in [3.8, 4) is 0 Å². The molecule has 1 spiro atoms. The van der Waals surface area contributed by atoms with Crippen LogP contribution >= 0.6 is 0 Å². The number of hydrogen-bond donors (Lipinski definition) is 3. The molecule has 14 heteroatoms. The molecule has 2 atom stereocenters. The van der Waals surface area contributed by atoms with Gasteiger partial charge in [-0.25, -0.2) is 34.9 Å². The van der Waals surface area contributed by atoms with E-state index in [-0.39, 0.29) is 23.5 Å². The van der Waals surface area contributed by atoms with Gasteiger partial charge in [-0.15, -0.1) is 0 Å². The smallest absolute Gasteiger partial charge is 0.425 e. The standard InChI is InChI=1S/C26H36N6O8/c1-9-15-30-23(37)31(17-13-11-10-12-14-17)20(34)26(30)18(19(33)38-7)16(2)32(28-22(36)39-8)25(26,6)29-27-21(35)40-24(3,4)5/h10-14,29H,9,15H2,1-8H3,(H,27,35)(H,28,36). The Morgan fingerprint density at radius 2 is 1.62 bits per heavy atom. The first kappa shape index (κ1) is 30.2.